The first-order valence-electron chi connectivity index (χ1n) is 5.85. The summed E-state index contributed by atoms with van der Waals surface area (Å²) in [5.41, 5.74) is 0. The average molecular weight is 197 g/mol. The Labute approximate surface area is 87.7 Å². The summed E-state index contributed by atoms with van der Waals surface area (Å²) in [5, 5.41) is 0. The first kappa shape index (κ1) is 11.5. The maximum Gasteiger partial charge on any atom is 0.219 e. The number of likely N-dealkylation sites (tertiary alicyclic amines) is 1. The third-order valence-electron chi connectivity index (χ3n) is 3.12. The topological polar surface area (TPSA) is 20.3 Å². The van der Waals surface area contributed by atoms with Gasteiger partial charge in [-0.1, -0.05) is 20.3 Å². The second-order valence-electron chi connectivity index (χ2n) is 4.94. The van der Waals surface area contributed by atoms with Gasteiger partial charge in [0.15, 0.2) is 0 Å². The lowest BCUT2D eigenvalue weighted by molar-refractivity contribution is -0.130. The highest BCUT2D eigenvalue weighted by molar-refractivity contribution is 5.73. The van der Waals surface area contributed by atoms with Crippen LogP contribution in [0, 0.1) is 11.8 Å². The van der Waals surface area contributed by atoms with Crippen molar-refractivity contribution < 1.29 is 4.79 Å². The van der Waals surface area contributed by atoms with Crippen LogP contribution in [-0.4, -0.2) is 23.9 Å². The smallest absolute Gasteiger partial charge is 0.219 e. The minimum Gasteiger partial charge on any atom is -0.343 e. The van der Waals surface area contributed by atoms with Gasteiger partial charge in [-0.2, -0.15) is 0 Å². The van der Waals surface area contributed by atoms with Crippen LogP contribution in [0.15, 0.2) is 0 Å². The standard InChI is InChI=1S/C12H23NO/c1-10(2)6-7-12-5-4-8-13(9-12)11(3)14/h10,12H,4-9H2,1-3H3. The van der Waals surface area contributed by atoms with Gasteiger partial charge in [-0.15, -0.1) is 0 Å². The number of amides is 1. The number of carbonyl (C=O) groups is 1. The Hall–Kier alpha value is -0.530. The number of hydrogen-bond donors (Lipinski definition) is 0. The number of hydrogen-bond acceptors (Lipinski definition) is 1. The van der Waals surface area contributed by atoms with Crippen molar-refractivity contribution in [3.05, 3.63) is 0 Å². The quantitative estimate of drug-likeness (QED) is 0.681. The third kappa shape index (κ3) is 3.69. The van der Waals surface area contributed by atoms with Gasteiger partial charge >= 0.3 is 0 Å². The fourth-order valence-electron chi connectivity index (χ4n) is 2.16. The van der Waals surface area contributed by atoms with Crippen molar-refractivity contribution in [2.75, 3.05) is 13.1 Å². The van der Waals surface area contributed by atoms with E-state index in [0.29, 0.717) is 0 Å². The van der Waals surface area contributed by atoms with E-state index >= 15 is 0 Å². The number of nitrogens with zero attached hydrogens (tertiary/aromatic N) is 1. The van der Waals surface area contributed by atoms with Crippen LogP contribution in [0.2, 0.25) is 0 Å². The van der Waals surface area contributed by atoms with Crippen LogP contribution in [-0.2, 0) is 4.79 Å². The maximum atomic E-state index is 11.2. The van der Waals surface area contributed by atoms with Gasteiger partial charge in [-0.25, -0.2) is 0 Å². The number of carbonyl (C=O) groups excluding carboxylic acids is 1. The van der Waals surface area contributed by atoms with E-state index in [-0.39, 0.29) is 5.91 Å². The molecular formula is C12H23NO. The van der Waals surface area contributed by atoms with E-state index in [9.17, 15) is 4.79 Å². The van der Waals surface area contributed by atoms with Crippen LogP contribution in [0.1, 0.15) is 46.5 Å². The van der Waals surface area contributed by atoms with Crippen molar-refractivity contribution >= 4 is 5.91 Å². The first-order valence-corrected chi connectivity index (χ1v) is 5.85. The Kier molecular flexibility index (Phi) is 4.43. The van der Waals surface area contributed by atoms with Gasteiger partial charge in [-0.3, -0.25) is 4.79 Å². The molecule has 2 heteroatoms. The van der Waals surface area contributed by atoms with E-state index < -0.39 is 0 Å². The predicted molar refractivity (Wildman–Crippen MR) is 59.1 cm³/mol. The van der Waals surface area contributed by atoms with Gasteiger partial charge in [0, 0.05) is 20.0 Å². The molecule has 2 nitrogen and oxygen atoms in total. The zero-order valence-corrected chi connectivity index (χ0v) is 9.75. The molecule has 0 spiro atoms. The lowest BCUT2D eigenvalue weighted by Crippen LogP contribution is -2.38. The number of rotatable bonds is 3. The van der Waals surface area contributed by atoms with Crippen LogP contribution < -0.4 is 0 Å². The zero-order chi connectivity index (χ0) is 10.6. The molecule has 0 bridgehead atoms. The SMILES string of the molecule is CC(=O)N1CCCC(CCC(C)C)C1. The monoisotopic (exact) mass is 197 g/mol. The maximum absolute atomic E-state index is 11.2. The van der Waals surface area contributed by atoms with Gasteiger partial charge in [0.2, 0.25) is 5.91 Å². The molecule has 82 valence electrons. The van der Waals surface area contributed by atoms with Gasteiger partial charge < -0.3 is 4.90 Å². The van der Waals surface area contributed by atoms with E-state index in [4.69, 9.17) is 0 Å². The predicted octanol–water partition coefficient (Wildman–Crippen LogP) is 2.68. The molecule has 1 aliphatic rings. The lowest BCUT2D eigenvalue weighted by Gasteiger charge is -2.32. The van der Waals surface area contributed by atoms with Crippen LogP contribution in [0.3, 0.4) is 0 Å². The Bertz CT molecular complexity index is 189. The highest BCUT2D eigenvalue weighted by atomic mass is 16.2. The molecule has 14 heavy (non-hydrogen) atoms. The fraction of sp³-hybridized carbons (Fsp3) is 0.917. The second kappa shape index (κ2) is 5.38. The Morgan fingerprint density at radius 3 is 2.79 bits per heavy atom. The first-order chi connectivity index (χ1) is 6.59. The lowest BCUT2D eigenvalue weighted by atomic mass is 9.91. The average Bonchev–Trinajstić information content (AvgIpc) is 2.15. The van der Waals surface area contributed by atoms with Gasteiger partial charge in [0.05, 0.1) is 0 Å². The molecule has 0 saturated carbocycles. The van der Waals surface area contributed by atoms with Crippen LogP contribution in [0.5, 0.6) is 0 Å². The summed E-state index contributed by atoms with van der Waals surface area (Å²) >= 11 is 0. The molecule has 0 radical (unpaired) electrons. The molecule has 0 aromatic rings. The molecule has 0 N–H and O–H groups in total. The van der Waals surface area contributed by atoms with E-state index in [1.165, 1.54) is 25.7 Å². The molecule has 1 aliphatic heterocycles. The Balaban J connectivity index is 2.29. The van der Waals surface area contributed by atoms with Crippen molar-refractivity contribution in [3.63, 3.8) is 0 Å². The minimum atomic E-state index is 0.249. The zero-order valence-electron chi connectivity index (χ0n) is 9.75. The molecule has 1 saturated heterocycles. The molecule has 0 aromatic heterocycles. The van der Waals surface area contributed by atoms with E-state index in [2.05, 4.69) is 13.8 Å². The third-order valence-corrected chi connectivity index (χ3v) is 3.12. The van der Waals surface area contributed by atoms with Crippen LogP contribution in [0.4, 0.5) is 0 Å². The number of piperidine rings is 1. The summed E-state index contributed by atoms with van der Waals surface area (Å²) in [7, 11) is 0. The summed E-state index contributed by atoms with van der Waals surface area (Å²) in [5.74, 6) is 1.80. The molecule has 1 fully saturated rings. The normalized spacial score (nSPS) is 22.9. The van der Waals surface area contributed by atoms with E-state index in [1.807, 2.05) is 4.90 Å². The van der Waals surface area contributed by atoms with Crippen molar-refractivity contribution in [2.24, 2.45) is 11.8 Å². The summed E-state index contributed by atoms with van der Waals surface area (Å²) < 4.78 is 0. The summed E-state index contributed by atoms with van der Waals surface area (Å²) in [6, 6.07) is 0. The van der Waals surface area contributed by atoms with Gasteiger partial charge in [0.25, 0.3) is 0 Å². The second-order valence-corrected chi connectivity index (χ2v) is 4.94. The van der Waals surface area contributed by atoms with E-state index in [0.717, 1.165) is 24.9 Å². The molecule has 0 aromatic carbocycles. The van der Waals surface area contributed by atoms with Crippen LogP contribution >= 0.6 is 0 Å². The Morgan fingerprint density at radius 1 is 1.50 bits per heavy atom. The van der Waals surface area contributed by atoms with Crippen molar-refractivity contribution in [2.45, 2.75) is 46.5 Å². The molecule has 1 unspecified atom stereocenters. The highest BCUT2D eigenvalue weighted by Gasteiger charge is 2.21. The van der Waals surface area contributed by atoms with Crippen molar-refractivity contribution in [3.8, 4) is 0 Å². The van der Waals surface area contributed by atoms with Crippen molar-refractivity contribution in [1.82, 2.24) is 4.90 Å². The van der Waals surface area contributed by atoms with Gasteiger partial charge in [-0.05, 0) is 31.1 Å². The van der Waals surface area contributed by atoms with E-state index in [1.54, 1.807) is 6.92 Å². The minimum absolute atomic E-state index is 0.249. The molecule has 1 amide bonds. The molecular weight excluding hydrogens is 174 g/mol. The molecule has 0 aliphatic carbocycles. The van der Waals surface area contributed by atoms with Crippen molar-refractivity contribution in [1.29, 1.82) is 0 Å². The largest absolute Gasteiger partial charge is 0.343 e. The summed E-state index contributed by atoms with van der Waals surface area (Å²) in [6.45, 7) is 8.21. The van der Waals surface area contributed by atoms with Gasteiger partial charge in [0.1, 0.15) is 0 Å². The van der Waals surface area contributed by atoms with Crippen LogP contribution in [0.25, 0.3) is 0 Å². The summed E-state index contributed by atoms with van der Waals surface area (Å²) in [6.07, 6.45) is 5.11. The Morgan fingerprint density at radius 2 is 2.21 bits per heavy atom. The summed E-state index contributed by atoms with van der Waals surface area (Å²) in [4.78, 5) is 13.2. The molecule has 1 rings (SSSR count). The highest BCUT2D eigenvalue weighted by Crippen LogP contribution is 2.22. The molecule has 1 atom stereocenters. The fourth-order valence-corrected chi connectivity index (χ4v) is 2.16. The molecule has 1 heterocycles.